The van der Waals surface area contributed by atoms with Crippen molar-refractivity contribution < 1.29 is 9.53 Å². The third kappa shape index (κ3) is 4.75. The fourth-order valence-electron chi connectivity index (χ4n) is 1.77. The fourth-order valence-corrected chi connectivity index (χ4v) is 2.03. The van der Waals surface area contributed by atoms with Crippen molar-refractivity contribution in [2.45, 2.75) is 13.8 Å². The molecular formula is C15H16BrN3O2. The summed E-state index contributed by atoms with van der Waals surface area (Å²) in [5.74, 6) is 0.327. The Kier molecular flexibility index (Phi) is 5.16. The number of rotatable bonds is 5. The van der Waals surface area contributed by atoms with Crippen LogP contribution in [0.1, 0.15) is 17.0 Å². The van der Waals surface area contributed by atoms with Crippen molar-refractivity contribution in [3.8, 4) is 5.75 Å². The summed E-state index contributed by atoms with van der Waals surface area (Å²) in [6, 6.07) is 9.23. The zero-order valence-corrected chi connectivity index (χ0v) is 13.4. The van der Waals surface area contributed by atoms with Gasteiger partial charge in [0.2, 0.25) is 0 Å². The van der Waals surface area contributed by atoms with Gasteiger partial charge in [-0.3, -0.25) is 4.79 Å². The number of aromatic amines is 1. The Morgan fingerprint density at radius 3 is 2.71 bits per heavy atom. The summed E-state index contributed by atoms with van der Waals surface area (Å²) in [5, 5.41) is 3.91. The van der Waals surface area contributed by atoms with Crippen LogP contribution in [-0.4, -0.2) is 23.7 Å². The number of ether oxygens (including phenoxy) is 1. The van der Waals surface area contributed by atoms with E-state index in [9.17, 15) is 4.79 Å². The average molecular weight is 350 g/mol. The molecule has 0 aliphatic carbocycles. The standard InChI is InChI=1S/C15H16BrN3O2/c1-10-7-12(11(2)18-10)8-17-19-15(20)9-21-14-5-3-13(16)4-6-14/h3-8,18H,9H2,1-2H3,(H,19,20)/b17-8+. The van der Waals surface area contributed by atoms with E-state index in [0.717, 1.165) is 21.4 Å². The molecule has 0 aliphatic rings. The highest BCUT2D eigenvalue weighted by atomic mass is 79.9. The zero-order chi connectivity index (χ0) is 15.2. The second-order valence-corrected chi connectivity index (χ2v) is 5.48. The molecule has 1 aromatic carbocycles. The highest BCUT2D eigenvalue weighted by Gasteiger charge is 2.02. The molecule has 1 aromatic heterocycles. The molecule has 1 amide bonds. The van der Waals surface area contributed by atoms with E-state index in [4.69, 9.17) is 4.74 Å². The fraction of sp³-hybridized carbons (Fsp3) is 0.200. The van der Waals surface area contributed by atoms with E-state index in [1.807, 2.05) is 32.0 Å². The average Bonchev–Trinajstić information content (AvgIpc) is 2.76. The highest BCUT2D eigenvalue weighted by Crippen LogP contribution is 2.15. The molecule has 6 heteroatoms. The first kappa shape index (κ1) is 15.3. The van der Waals surface area contributed by atoms with Crippen molar-refractivity contribution >= 4 is 28.1 Å². The van der Waals surface area contributed by atoms with Gasteiger partial charge in [-0.15, -0.1) is 0 Å². The summed E-state index contributed by atoms with van der Waals surface area (Å²) in [7, 11) is 0. The number of aryl methyl sites for hydroxylation is 2. The number of hydrogen-bond donors (Lipinski definition) is 2. The summed E-state index contributed by atoms with van der Waals surface area (Å²) in [6.45, 7) is 3.84. The Bertz CT molecular complexity index is 647. The van der Waals surface area contributed by atoms with Gasteiger partial charge in [-0.05, 0) is 44.2 Å². The van der Waals surface area contributed by atoms with Gasteiger partial charge in [-0.2, -0.15) is 5.10 Å². The minimum atomic E-state index is -0.306. The van der Waals surface area contributed by atoms with E-state index in [1.54, 1.807) is 18.3 Å². The molecule has 2 aromatic rings. The monoisotopic (exact) mass is 349 g/mol. The molecule has 1 heterocycles. The number of nitrogens with one attached hydrogen (secondary N) is 2. The van der Waals surface area contributed by atoms with Crippen LogP contribution in [0, 0.1) is 13.8 Å². The summed E-state index contributed by atoms with van der Waals surface area (Å²) in [5.41, 5.74) is 5.44. The van der Waals surface area contributed by atoms with Gasteiger partial charge in [-0.25, -0.2) is 5.43 Å². The molecule has 0 fully saturated rings. The summed E-state index contributed by atoms with van der Waals surface area (Å²) in [4.78, 5) is 14.8. The van der Waals surface area contributed by atoms with Crippen molar-refractivity contribution in [1.82, 2.24) is 10.4 Å². The predicted octanol–water partition coefficient (Wildman–Crippen LogP) is 2.92. The van der Waals surface area contributed by atoms with E-state index >= 15 is 0 Å². The second kappa shape index (κ2) is 7.08. The number of aromatic nitrogens is 1. The van der Waals surface area contributed by atoms with Crippen LogP contribution in [0.3, 0.4) is 0 Å². The van der Waals surface area contributed by atoms with Gasteiger partial charge in [0.15, 0.2) is 6.61 Å². The molecule has 0 saturated carbocycles. The first-order valence-electron chi connectivity index (χ1n) is 6.41. The van der Waals surface area contributed by atoms with Gasteiger partial charge in [-0.1, -0.05) is 15.9 Å². The third-order valence-corrected chi connectivity index (χ3v) is 3.29. The lowest BCUT2D eigenvalue weighted by Crippen LogP contribution is -2.24. The minimum absolute atomic E-state index is 0.0792. The molecule has 0 radical (unpaired) electrons. The van der Waals surface area contributed by atoms with E-state index in [1.165, 1.54) is 0 Å². The number of hydrogen-bond acceptors (Lipinski definition) is 3. The van der Waals surface area contributed by atoms with Crippen LogP contribution in [-0.2, 0) is 4.79 Å². The molecule has 21 heavy (non-hydrogen) atoms. The van der Waals surface area contributed by atoms with Gasteiger partial charge in [0.05, 0.1) is 6.21 Å². The van der Waals surface area contributed by atoms with E-state index in [-0.39, 0.29) is 12.5 Å². The largest absolute Gasteiger partial charge is 0.484 e. The Morgan fingerprint density at radius 1 is 1.38 bits per heavy atom. The molecule has 0 bridgehead atoms. The van der Waals surface area contributed by atoms with Crippen molar-refractivity contribution in [2.75, 3.05) is 6.61 Å². The van der Waals surface area contributed by atoms with Crippen LogP contribution in [0.5, 0.6) is 5.75 Å². The lowest BCUT2D eigenvalue weighted by atomic mass is 10.3. The Labute approximate surface area is 131 Å². The van der Waals surface area contributed by atoms with Crippen molar-refractivity contribution in [2.24, 2.45) is 5.10 Å². The Morgan fingerprint density at radius 2 is 2.10 bits per heavy atom. The normalized spacial score (nSPS) is 10.8. The van der Waals surface area contributed by atoms with Crippen molar-refractivity contribution in [3.05, 3.63) is 51.8 Å². The smallest absolute Gasteiger partial charge is 0.277 e. The highest BCUT2D eigenvalue weighted by molar-refractivity contribution is 9.10. The Balaban J connectivity index is 1.79. The summed E-state index contributed by atoms with van der Waals surface area (Å²) in [6.07, 6.45) is 1.61. The number of carbonyl (C=O) groups excluding carboxylic acids is 1. The van der Waals surface area contributed by atoms with Crippen LogP contribution in [0.4, 0.5) is 0 Å². The number of halogens is 1. The zero-order valence-electron chi connectivity index (χ0n) is 11.8. The molecule has 5 nitrogen and oxygen atoms in total. The van der Waals surface area contributed by atoms with Crippen molar-refractivity contribution in [1.29, 1.82) is 0 Å². The molecule has 0 atom stereocenters. The quantitative estimate of drug-likeness (QED) is 0.643. The predicted molar refractivity (Wildman–Crippen MR) is 85.6 cm³/mol. The van der Waals surface area contributed by atoms with Gasteiger partial charge in [0.1, 0.15) is 5.75 Å². The molecule has 2 rings (SSSR count). The van der Waals surface area contributed by atoms with Gasteiger partial charge in [0, 0.05) is 21.4 Å². The lowest BCUT2D eigenvalue weighted by molar-refractivity contribution is -0.123. The summed E-state index contributed by atoms with van der Waals surface area (Å²) >= 11 is 3.33. The number of benzene rings is 1. The number of hydrazone groups is 1. The van der Waals surface area contributed by atoms with Crippen molar-refractivity contribution in [3.63, 3.8) is 0 Å². The molecule has 0 saturated heterocycles. The third-order valence-electron chi connectivity index (χ3n) is 2.77. The first-order chi connectivity index (χ1) is 10.0. The first-order valence-corrected chi connectivity index (χ1v) is 7.20. The SMILES string of the molecule is Cc1cc(/C=N/NC(=O)COc2ccc(Br)cc2)c(C)[nH]1. The second-order valence-electron chi connectivity index (χ2n) is 4.57. The van der Waals surface area contributed by atoms with Crippen LogP contribution >= 0.6 is 15.9 Å². The molecule has 0 unspecified atom stereocenters. The van der Waals surface area contributed by atoms with Gasteiger partial charge >= 0.3 is 0 Å². The van der Waals surface area contributed by atoms with Crippen LogP contribution in [0.2, 0.25) is 0 Å². The van der Waals surface area contributed by atoms with E-state index in [2.05, 4.69) is 31.4 Å². The minimum Gasteiger partial charge on any atom is -0.484 e. The summed E-state index contributed by atoms with van der Waals surface area (Å²) < 4.78 is 6.30. The van der Waals surface area contributed by atoms with Crippen LogP contribution in [0.25, 0.3) is 0 Å². The maximum absolute atomic E-state index is 11.6. The molecule has 110 valence electrons. The molecule has 0 spiro atoms. The molecule has 0 aliphatic heterocycles. The number of H-pyrrole nitrogens is 1. The topological polar surface area (TPSA) is 66.5 Å². The van der Waals surface area contributed by atoms with Crippen LogP contribution < -0.4 is 10.2 Å². The van der Waals surface area contributed by atoms with Gasteiger partial charge < -0.3 is 9.72 Å². The molecular weight excluding hydrogens is 334 g/mol. The lowest BCUT2D eigenvalue weighted by Gasteiger charge is -2.04. The number of nitrogens with zero attached hydrogens (tertiary/aromatic N) is 1. The number of carbonyl (C=O) groups is 1. The maximum Gasteiger partial charge on any atom is 0.277 e. The molecule has 2 N–H and O–H groups in total. The maximum atomic E-state index is 11.6. The Hall–Kier alpha value is -2.08. The van der Waals surface area contributed by atoms with E-state index < -0.39 is 0 Å². The van der Waals surface area contributed by atoms with E-state index in [0.29, 0.717) is 5.75 Å². The number of amides is 1. The van der Waals surface area contributed by atoms with Gasteiger partial charge in [0.25, 0.3) is 5.91 Å². The van der Waals surface area contributed by atoms with Crippen LogP contribution in [0.15, 0.2) is 39.9 Å².